The second kappa shape index (κ2) is 5.85. The Morgan fingerprint density at radius 3 is 2.48 bits per heavy atom. The van der Waals surface area contributed by atoms with Crippen LogP contribution in [0.1, 0.15) is 5.56 Å². The Kier molecular flexibility index (Phi) is 4.32. The Labute approximate surface area is 128 Å². The molecule has 0 fully saturated rings. The van der Waals surface area contributed by atoms with Crippen LogP contribution in [0, 0.1) is 6.92 Å². The lowest BCUT2D eigenvalue weighted by Gasteiger charge is -2.16. The van der Waals surface area contributed by atoms with Crippen LogP contribution in [0.15, 0.2) is 40.9 Å². The van der Waals surface area contributed by atoms with Gasteiger partial charge in [0.25, 0.3) is 0 Å². The van der Waals surface area contributed by atoms with Crippen molar-refractivity contribution in [2.24, 2.45) is 0 Å². The second-order valence-corrected chi connectivity index (χ2v) is 5.32. The molecule has 2 aromatic rings. The monoisotopic (exact) mass is 360 g/mol. The predicted molar refractivity (Wildman–Crippen MR) is 79.7 cm³/mol. The summed E-state index contributed by atoms with van der Waals surface area (Å²) in [7, 11) is 0. The van der Waals surface area contributed by atoms with Gasteiger partial charge in [-0.2, -0.15) is 0 Å². The molecule has 3 N–H and O–H groups in total. The number of aryl methyl sites for hydroxylation is 1. The van der Waals surface area contributed by atoms with Crippen molar-refractivity contribution >= 4 is 33.0 Å². The molecule has 0 unspecified atom stereocenters. The topological polar surface area (TPSA) is 47.3 Å². The molecule has 0 aliphatic carbocycles. The van der Waals surface area contributed by atoms with Crippen molar-refractivity contribution in [2.75, 3.05) is 11.1 Å². The van der Waals surface area contributed by atoms with Crippen LogP contribution in [0.4, 0.5) is 30.2 Å². The van der Waals surface area contributed by atoms with E-state index in [1.165, 1.54) is 12.1 Å². The number of nitrogens with two attached hydrogens (primary N) is 1. The van der Waals surface area contributed by atoms with Crippen LogP contribution < -0.4 is 15.8 Å². The molecule has 0 atom stereocenters. The number of halogens is 4. The average Bonchev–Trinajstić information content (AvgIpc) is 2.35. The van der Waals surface area contributed by atoms with E-state index in [1.807, 2.05) is 13.0 Å². The molecule has 0 aliphatic rings. The maximum Gasteiger partial charge on any atom is 0.573 e. The second-order valence-electron chi connectivity index (χ2n) is 4.40. The smallest absolute Gasteiger partial charge is 0.404 e. The summed E-state index contributed by atoms with van der Waals surface area (Å²) in [4.78, 5) is 0. The van der Waals surface area contributed by atoms with E-state index >= 15 is 0 Å². The maximum absolute atomic E-state index is 12.4. The summed E-state index contributed by atoms with van der Waals surface area (Å²) in [5.74, 6) is -0.335. The summed E-state index contributed by atoms with van der Waals surface area (Å²) in [6.45, 7) is 1.86. The molecule has 0 saturated heterocycles. The van der Waals surface area contributed by atoms with E-state index in [4.69, 9.17) is 5.73 Å². The van der Waals surface area contributed by atoms with E-state index in [2.05, 4.69) is 26.0 Å². The van der Waals surface area contributed by atoms with Gasteiger partial charge in [0.1, 0.15) is 0 Å². The number of anilines is 3. The molecular weight excluding hydrogens is 349 g/mol. The molecule has 0 spiro atoms. The predicted octanol–water partition coefficient (Wildman–Crippen LogP) is 4.98. The Morgan fingerprint density at radius 1 is 1.10 bits per heavy atom. The highest BCUT2D eigenvalue weighted by atomic mass is 79.9. The van der Waals surface area contributed by atoms with Crippen LogP contribution in [0.2, 0.25) is 0 Å². The van der Waals surface area contributed by atoms with Gasteiger partial charge < -0.3 is 15.8 Å². The van der Waals surface area contributed by atoms with E-state index in [0.29, 0.717) is 15.8 Å². The van der Waals surface area contributed by atoms with E-state index in [0.717, 1.165) is 5.56 Å². The van der Waals surface area contributed by atoms with Gasteiger partial charge in [0, 0.05) is 4.47 Å². The fourth-order valence-electron chi connectivity index (χ4n) is 1.73. The van der Waals surface area contributed by atoms with Gasteiger partial charge in [-0.3, -0.25) is 0 Å². The largest absolute Gasteiger partial charge is 0.573 e. The molecule has 0 saturated carbocycles. The third kappa shape index (κ3) is 4.29. The van der Waals surface area contributed by atoms with Crippen LogP contribution in [0.3, 0.4) is 0 Å². The third-order valence-electron chi connectivity index (χ3n) is 2.65. The number of hydrogen-bond donors (Lipinski definition) is 2. The lowest BCUT2D eigenvalue weighted by Crippen LogP contribution is -2.18. The van der Waals surface area contributed by atoms with Crippen molar-refractivity contribution in [3.63, 3.8) is 0 Å². The number of nitrogens with one attached hydrogen (secondary N) is 1. The van der Waals surface area contributed by atoms with Gasteiger partial charge in [0.05, 0.1) is 17.1 Å². The molecule has 0 aliphatic heterocycles. The molecule has 0 bridgehead atoms. The van der Waals surface area contributed by atoms with Crippen LogP contribution >= 0.6 is 15.9 Å². The summed E-state index contributed by atoms with van der Waals surface area (Å²) in [5.41, 5.74) is 7.87. The molecule has 0 aromatic heterocycles. The summed E-state index contributed by atoms with van der Waals surface area (Å²) < 4.78 is 41.8. The lowest BCUT2D eigenvalue weighted by molar-refractivity contribution is -0.274. The van der Waals surface area contributed by atoms with Crippen LogP contribution in [0.25, 0.3) is 0 Å². The van der Waals surface area contributed by atoms with E-state index in [9.17, 15) is 13.2 Å². The standard InChI is InChI=1S/C14H12BrF3N2O/c1-8-2-4-10(19)12(6-8)20-11-5-3-9(15)7-13(11)21-14(16,17)18/h2-7,20H,19H2,1H3. The van der Waals surface area contributed by atoms with E-state index in [1.54, 1.807) is 18.2 Å². The van der Waals surface area contributed by atoms with Crippen LogP contribution in [-0.4, -0.2) is 6.36 Å². The van der Waals surface area contributed by atoms with Gasteiger partial charge in [0.15, 0.2) is 5.75 Å². The minimum absolute atomic E-state index is 0.174. The first kappa shape index (κ1) is 15.5. The first-order valence-electron chi connectivity index (χ1n) is 5.93. The van der Waals surface area contributed by atoms with Gasteiger partial charge in [-0.1, -0.05) is 22.0 Å². The van der Waals surface area contributed by atoms with Gasteiger partial charge in [-0.05, 0) is 42.8 Å². The number of alkyl halides is 3. The van der Waals surface area contributed by atoms with E-state index in [-0.39, 0.29) is 11.4 Å². The molecule has 2 aromatic carbocycles. The van der Waals surface area contributed by atoms with Crippen molar-refractivity contribution in [1.82, 2.24) is 0 Å². The Hall–Kier alpha value is -1.89. The summed E-state index contributed by atoms with van der Waals surface area (Å²) in [5, 5.41) is 2.86. The fourth-order valence-corrected chi connectivity index (χ4v) is 2.07. The third-order valence-corrected chi connectivity index (χ3v) is 3.14. The highest BCUT2D eigenvalue weighted by Crippen LogP contribution is 2.36. The SMILES string of the molecule is Cc1ccc(N)c(Nc2ccc(Br)cc2OC(F)(F)F)c1. The van der Waals surface area contributed by atoms with Gasteiger partial charge in [-0.25, -0.2) is 0 Å². The minimum atomic E-state index is -4.77. The normalized spacial score (nSPS) is 11.3. The lowest BCUT2D eigenvalue weighted by atomic mass is 10.2. The maximum atomic E-state index is 12.4. The quantitative estimate of drug-likeness (QED) is 0.758. The highest BCUT2D eigenvalue weighted by Gasteiger charge is 2.32. The van der Waals surface area contributed by atoms with Crippen molar-refractivity contribution in [3.05, 3.63) is 46.4 Å². The number of benzene rings is 2. The highest BCUT2D eigenvalue weighted by molar-refractivity contribution is 9.10. The summed E-state index contributed by atoms with van der Waals surface area (Å²) in [6, 6.07) is 9.57. The molecule has 7 heteroatoms. The minimum Gasteiger partial charge on any atom is -0.404 e. The zero-order valence-corrected chi connectivity index (χ0v) is 12.5. The zero-order valence-electron chi connectivity index (χ0n) is 11.0. The average molecular weight is 361 g/mol. The van der Waals surface area contributed by atoms with Gasteiger partial charge >= 0.3 is 6.36 Å². The number of hydrogen-bond acceptors (Lipinski definition) is 3. The zero-order chi connectivity index (χ0) is 15.6. The first-order valence-corrected chi connectivity index (χ1v) is 6.72. The molecule has 21 heavy (non-hydrogen) atoms. The molecule has 3 nitrogen and oxygen atoms in total. The van der Waals surface area contributed by atoms with Crippen molar-refractivity contribution < 1.29 is 17.9 Å². The summed E-state index contributed by atoms with van der Waals surface area (Å²) >= 11 is 3.12. The van der Waals surface area contributed by atoms with Crippen molar-refractivity contribution in [3.8, 4) is 5.75 Å². The molecule has 112 valence electrons. The Morgan fingerprint density at radius 2 is 1.81 bits per heavy atom. The Balaban J connectivity index is 2.37. The molecule has 0 amide bonds. The number of ether oxygens (including phenoxy) is 1. The van der Waals surface area contributed by atoms with Crippen molar-refractivity contribution in [1.29, 1.82) is 0 Å². The Bertz CT molecular complexity index is 659. The molecule has 0 radical (unpaired) electrons. The van der Waals surface area contributed by atoms with Gasteiger partial charge in [0.2, 0.25) is 0 Å². The van der Waals surface area contributed by atoms with Crippen molar-refractivity contribution in [2.45, 2.75) is 13.3 Å². The molecule has 2 rings (SSSR count). The number of rotatable bonds is 3. The summed E-state index contributed by atoms with van der Waals surface area (Å²) in [6.07, 6.45) is -4.77. The molecule has 0 heterocycles. The molecular formula is C14H12BrF3N2O. The fraction of sp³-hybridized carbons (Fsp3) is 0.143. The van der Waals surface area contributed by atoms with Crippen LogP contribution in [-0.2, 0) is 0 Å². The number of nitrogen functional groups attached to an aromatic ring is 1. The van der Waals surface area contributed by atoms with E-state index < -0.39 is 6.36 Å². The van der Waals surface area contributed by atoms with Gasteiger partial charge in [-0.15, -0.1) is 13.2 Å². The van der Waals surface area contributed by atoms with Crippen LogP contribution in [0.5, 0.6) is 5.75 Å². The first-order chi connectivity index (χ1) is 9.74.